The summed E-state index contributed by atoms with van der Waals surface area (Å²) >= 11 is 5.77. The van der Waals surface area contributed by atoms with E-state index >= 15 is 0 Å². The molecule has 0 spiro atoms. The number of aliphatic hydroxyl groups excluding tert-OH is 1. The van der Waals surface area contributed by atoms with Gasteiger partial charge in [-0.25, -0.2) is 4.39 Å². The number of nitrogens with zero attached hydrogens (tertiary/aromatic N) is 1. The second-order valence-electron chi connectivity index (χ2n) is 5.82. The molecule has 0 saturated heterocycles. The number of aliphatic hydroxyl groups is 1. The Morgan fingerprint density at radius 2 is 1.88 bits per heavy atom. The number of benzene rings is 3. The molecule has 0 aliphatic rings. The molecule has 4 nitrogen and oxygen atoms in total. The van der Waals surface area contributed by atoms with Crippen molar-refractivity contribution >= 4 is 28.3 Å². The first kappa shape index (κ1) is 17.9. The van der Waals surface area contributed by atoms with Crippen molar-refractivity contribution in [3.8, 4) is 6.07 Å². The maximum absolute atomic E-state index is 13.4. The molecule has 0 saturated carbocycles. The topological polar surface area (TPSA) is 73.1 Å². The lowest BCUT2D eigenvalue weighted by Gasteiger charge is -2.13. The van der Waals surface area contributed by atoms with Crippen LogP contribution in [0.15, 0.2) is 54.6 Å². The molecule has 0 heterocycles. The number of amides is 1. The fourth-order valence-corrected chi connectivity index (χ4v) is 2.86. The van der Waals surface area contributed by atoms with Crippen molar-refractivity contribution < 1.29 is 14.3 Å². The predicted molar refractivity (Wildman–Crippen MR) is 97.4 cm³/mol. The smallest absolute Gasteiger partial charge is 0.251 e. The molecule has 0 fully saturated rings. The van der Waals surface area contributed by atoms with Crippen LogP contribution in [-0.2, 0) is 0 Å². The molecule has 1 amide bonds. The van der Waals surface area contributed by atoms with Gasteiger partial charge in [0.2, 0.25) is 0 Å². The summed E-state index contributed by atoms with van der Waals surface area (Å²) in [4.78, 5) is 12.3. The standard InChI is InChI=1S/C20H14ClFN2O2/c21-17-7-16(8-18(22)9-17)19(25)11-24-20(26)15-4-3-13-5-12(10-23)1-2-14(13)6-15/h1-9,19,25H,11H2,(H,24,26). The predicted octanol–water partition coefficient (Wildman–Crippen LogP) is 3.97. The quantitative estimate of drug-likeness (QED) is 0.731. The third kappa shape index (κ3) is 3.99. The Balaban J connectivity index is 1.71. The Kier molecular flexibility index (Phi) is 5.17. The molecule has 0 aromatic heterocycles. The van der Waals surface area contributed by atoms with Crippen molar-refractivity contribution in [2.24, 2.45) is 0 Å². The number of halogens is 2. The molecule has 3 aromatic rings. The number of carbonyl (C=O) groups excluding carboxylic acids is 1. The third-order valence-electron chi connectivity index (χ3n) is 3.96. The van der Waals surface area contributed by atoms with E-state index in [2.05, 4.69) is 11.4 Å². The molecule has 2 N–H and O–H groups in total. The number of nitriles is 1. The summed E-state index contributed by atoms with van der Waals surface area (Å²) in [5.74, 6) is -0.915. The van der Waals surface area contributed by atoms with Gasteiger partial charge in [0.25, 0.3) is 5.91 Å². The highest BCUT2D eigenvalue weighted by atomic mass is 35.5. The average molecular weight is 369 g/mol. The summed E-state index contributed by atoms with van der Waals surface area (Å²) < 4.78 is 13.4. The molecule has 3 rings (SSSR count). The number of fused-ring (bicyclic) bond motifs is 1. The van der Waals surface area contributed by atoms with E-state index in [0.29, 0.717) is 11.1 Å². The lowest BCUT2D eigenvalue weighted by molar-refractivity contribution is 0.0916. The van der Waals surface area contributed by atoms with Crippen LogP contribution in [0.2, 0.25) is 5.02 Å². The van der Waals surface area contributed by atoms with Gasteiger partial charge in [-0.15, -0.1) is 0 Å². The van der Waals surface area contributed by atoms with E-state index in [0.717, 1.165) is 16.8 Å². The minimum absolute atomic E-state index is 0.0793. The molecule has 26 heavy (non-hydrogen) atoms. The highest BCUT2D eigenvalue weighted by Crippen LogP contribution is 2.20. The zero-order valence-electron chi connectivity index (χ0n) is 13.5. The fraction of sp³-hybridized carbons (Fsp3) is 0.100. The van der Waals surface area contributed by atoms with Gasteiger partial charge in [0.15, 0.2) is 0 Å². The van der Waals surface area contributed by atoms with Crippen molar-refractivity contribution in [1.29, 1.82) is 5.26 Å². The van der Waals surface area contributed by atoms with Gasteiger partial charge in [0, 0.05) is 17.1 Å². The normalized spacial score (nSPS) is 11.8. The molecule has 0 bridgehead atoms. The highest BCUT2D eigenvalue weighted by Gasteiger charge is 2.13. The van der Waals surface area contributed by atoms with E-state index < -0.39 is 11.9 Å². The van der Waals surface area contributed by atoms with Crippen LogP contribution < -0.4 is 5.32 Å². The van der Waals surface area contributed by atoms with Crippen LogP contribution in [0.4, 0.5) is 4.39 Å². The van der Waals surface area contributed by atoms with E-state index in [-0.39, 0.29) is 23.0 Å². The van der Waals surface area contributed by atoms with Crippen LogP contribution in [0.5, 0.6) is 0 Å². The summed E-state index contributed by atoms with van der Waals surface area (Å²) in [7, 11) is 0. The number of hydrogen-bond acceptors (Lipinski definition) is 3. The lowest BCUT2D eigenvalue weighted by atomic mass is 10.0. The minimum atomic E-state index is -1.08. The van der Waals surface area contributed by atoms with Gasteiger partial charge in [-0.05, 0) is 58.8 Å². The number of nitrogens with one attached hydrogen (secondary N) is 1. The van der Waals surface area contributed by atoms with Gasteiger partial charge < -0.3 is 10.4 Å². The molecular weight excluding hydrogens is 355 g/mol. The SMILES string of the molecule is N#Cc1ccc2cc(C(=O)NCC(O)c3cc(F)cc(Cl)c3)ccc2c1. The van der Waals surface area contributed by atoms with E-state index in [1.165, 1.54) is 12.1 Å². The van der Waals surface area contributed by atoms with E-state index in [1.54, 1.807) is 36.4 Å². The summed E-state index contributed by atoms with van der Waals surface area (Å²) in [6.07, 6.45) is -1.08. The van der Waals surface area contributed by atoms with Crippen LogP contribution in [0, 0.1) is 17.1 Å². The van der Waals surface area contributed by atoms with Crippen LogP contribution >= 0.6 is 11.6 Å². The maximum Gasteiger partial charge on any atom is 0.251 e. The molecule has 0 radical (unpaired) electrons. The lowest BCUT2D eigenvalue weighted by Crippen LogP contribution is -2.28. The Bertz CT molecular complexity index is 1010. The second kappa shape index (κ2) is 7.52. The van der Waals surface area contributed by atoms with Gasteiger partial charge in [-0.1, -0.05) is 23.7 Å². The molecule has 3 aromatic carbocycles. The Hall–Kier alpha value is -2.94. The van der Waals surface area contributed by atoms with Crippen molar-refractivity contribution in [2.45, 2.75) is 6.10 Å². The highest BCUT2D eigenvalue weighted by molar-refractivity contribution is 6.30. The molecule has 130 valence electrons. The van der Waals surface area contributed by atoms with Crippen molar-refractivity contribution in [3.05, 3.63) is 82.1 Å². The van der Waals surface area contributed by atoms with Crippen LogP contribution in [-0.4, -0.2) is 17.6 Å². The first-order valence-corrected chi connectivity index (χ1v) is 8.20. The first-order chi connectivity index (χ1) is 12.5. The van der Waals surface area contributed by atoms with E-state index in [1.807, 2.05) is 0 Å². The van der Waals surface area contributed by atoms with Crippen LogP contribution in [0.25, 0.3) is 10.8 Å². The van der Waals surface area contributed by atoms with Crippen molar-refractivity contribution in [1.82, 2.24) is 5.32 Å². The molecule has 6 heteroatoms. The Morgan fingerprint density at radius 1 is 1.15 bits per heavy atom. The molecule has 1 atom stereocenters. The molecule has 1 unspecified atom stereocenters. The van der Waals surface area contributed by atoms with Gasteiger partial charge in [0.05, 0.1) is 17.7 Å². The van der Waals surface area contributed by atoms with Gasteiger partial charge in [0.1, 0.15) is 5.82 Å². The summed E-state index contributed by atoms with van der Waals surface area (Å²) in [6.45, 7) is -0.0793. The largest absolute Gasteiger partial charge is 0.387 e. The Morgan fingerprint density at radius 3 is 2.62 bits per heavy atom. The Labute approximate surface area is 154 Å². The van der Waals surface area contributed by atoms with Crippen LogP contribution in [0.1, 0.15) is 27.6 Å². The zero-order chi connectivity index (χ0) is 18.7. The average Bonchev–Trinajstić information content (AvgIpc) is 2.64. The van der Waals surface area contributed by atoms with Gasteiger partial charge >= 0.3 is 0 Å². The zero-order valence-corrected chi connectivity index (χ0v) is 14.3. The summed E-state index contributed by atoms with van der Waals surface area (Å²) in [6, 6.07) is 16.1. The monoisotopic (exact) mass is 368 g/mol. The molecular formula is C20H14ClFN2O2. The number of rotatable bonds is 4. The second-order valence-corrected chi connectivity index (χ2v) is 6.25. The molecule has 0 aliphatic heterocycles. The minimum Gasteiger partial charge on any atom is -0.387 e. The third-order valence-corrected chi connectivity index (χ3v) is 4.18. The fourth-order valence-electron chi connectivity index (χ4n) is 2.63. The van der Waals surface area contributed by atoms with Gasteiger partial charge in [-0.3, -0.25) is 4.79 Å². The van der Waals surface area contributed by atoms with Crippen molar-refractivity contribution in [2.75, 3.05) is 6.54 Å². The van der Waals surface area contributed by atoms with Crippen LogP contribution in [0.3, 0.4) is 0 Å². The van der Waals surface area contributed by atoms with Gasteiger partial charge in [-0.2, -0.15) is 5.26 Å². The number of carbonyl (C=O) groups is 1. The molecule has 0 aliphatic carbocycles. The van der Waals surface area contributed by atoms with E-state index in [9.17, 15) is 14.3 Å². The van der Waals surface area contributed by atoms with E-state index in [4.69, 9.17) is 16.9 Å². The number of hydrogen-bond donors (Lipinski definition) is 2. The summed E-state index contributed by atoms with van der Waals surface area (Å²) in [5, 5.41) is 23.5. The summed E-state index contributed by atoms with van der Waals surface area (Å²) in [5.41, 5.74) is 1.26. The van der Waals surface area contributed by atoms with Crippen molar-refractivity contribution in [3.63, 3.8) is 0 Å². The first-order valence-electron chi connectivity index (χ1n) is 7.82. The maximum atomic E-state index is 13.4.